The van der Waals surface area contributed by atoms with E-state index in [0.717, 1.165) is 32.6 Å². The number of carboxylic acid groups (broad SMARTS) is 1. The number of nitrogens with one attached hydrogen (secondary N) is 12. The van der Waals surface area contributed by atoms with E-state index >= 15 is 0 Å². The van der Waals surface area contributed by atoms with Crippen LogP contribution in [0.2, 0.25) is 0 Å². The standard InChI is InChI=1S/C52H96N14O14/c1-7-8-9-10-11-12-13-14-15-16-17-18-19-24-40(71)65-43(34(6)70)50(80)66-42(31(2)3)49(79)59-32(4)44(74)61-36(22-20-27-57-51(53)54)46(76)63-39(30-68)48(78)64-38(29-67)47(77)62-37(23-21-28-58-52(55)56)45(75)60-35(33(5)69)25-26-41(72)73/h31-32,34-39,42-43,67-68,70H,7-30H2,1-6H3,(H,59,79)(H,60,75)(H,61,74)(H,62,77)(H,63,76)(H,64,78)(H,65,71)(H,66,80)(H,72,73)(H4,53,54,57)(H4,55,56,58)/t32-,34+,35-,36-,37-,38-,39-,42-,43-/m0/s1. The fraction of sp³-hybridized carbons (Fsp3) is 0.769. The SMILES string of the molecule is CCCCCCCCCCCCCCCC(=O)N[C@H](C(=O)N[C@H](C(=O)N[C@@H](C)C(=O)N[C@@H](CCCNC(=N)N)C(=O)N[C@@H](CO)C(=O)N[C@@H](CO)C(=O)N[C@@H](CCCNC(=N)N)C(=O)N[C@@H](CCC(=O)O)C(C)=O)C(C)C)[C@@H](C)O. The Bertz CT molecular complexity index is 1980. The van der Waals surface area contributed by atoms with Crippen molar-refractivity contribution in [3.8, 4) is 0 Å². The Balaban J connectivity index is 5.88. The van der Waals surface area contributed by atoms with Gasteiger partial charge in [-0.1, -0.05) is 97.8 Å². The third-order valence-electron chi connectivity index (χ3n) is 12.9. The van der Waals surface area contributed by atoms with Crippen molar-refractivity contribution in [1.29, 1.82) is 10.8 Å². The van der Waals surface area contributed by atoms with Gasteiger partial charge in [-0.3, -0.25) is 58.8 Å². The van der Waals surface area contributed by atoms with Gasteiger partial charge in [-0.15, -0.1) is 0 Å². The first-order chi connectivity index (χ1) is 37.8. The Kier molecular flexibility index (Phi) is 38.7. The molecule has 0 fully saturated rings. The number of Topliss-reactive ketones (excluding diaryl/α,β-unsaturated/α-hetero) is 1. The van der Waals surface area contributed by atoms with Crippen LogP contribution in [0.25, 0.3) is 0 Å². The van der Waals surface area contributed by atoms with Crippen LogP contribution in [0, 0.1) is 16.7 Å². The van der Waals surface area contributed by atoms with Crippen molar-refractivity contribution in [2.75, 3.05) is 26.3 Å². The largest absolute Gasteiger partial charge is 0.481 e. The number of rotatable bonds is 45. The maximum Gasteiger partial charge on any atom is 0.303 e. The average molecular weight is 1140 g/mol. The molecule has 20 N–H and O–H groups in total. The van der Waals surface area contributed by atoms with Crippen molar-refractivity contribution in [2.24, 2.45) is 17.4 Å². The molecule has 0 aromatic carbocycles. The number of ketones is 1. The van der Waals surface area contributed by atoms with Gasteiger partial charge in [0, 0.05) is 25.9 Å². The zero-order chi connectivity index (χ0) is 60.7. The summed E-state index contributed by atoms with van der Waals surface area (Å²) in [4.78, 5) is 131. The molecule has 0 aromatic rings. The van der Waals surface area contributed by atoms with E-state index in [1.807, 2.05) is 0 Å². The summed E-state index contributed by atoms with van der Waals surface area (Å²) in [5.41, 5.74) is 10.7. The van der Waals surface area contributed by atoms with Crippen molar-refractivity contribution in [3.63, 3.8) is 0 Å². The topological polar surface area (TPSA) is 472 Å². The van der Waals surface area contributed by atoms with Crippen molar-refractivity contribution >= 4 is 70.9 Å². The van der Waals surface area contributed by atoms with Crippen molar-refractivity contribution in [1.82, 2.24) is 53.2 Å². The molecular weight excluding hydrogens is 1040 g/mol. The van der Waals surface area contributed by atoms with Crippen LogP contribution in [0.4, 0.5) is 0 Å². The second-order valence-electron chi connectivity index (χ2n) is 20.4. The molecule has 28 heteroatoms. The second kappa shape index (κ2) is 42.2. The molecule has 0 spiro atoms. The lowest BCUT2D eigenvalue weighted by Gasteiger charge is -2.28. The van der Waals surface area contributed by atoms with Gasteiger partial charge in [0.2, 0.25) is 47.3 Å². The Labute approximate surface area is 470 Å². The molecule has 0 aliphatic heterocycles. The summed E-state index contributed by atoms with van der Waals surface area (Å²) in [6.45, 7) is 7.15. The van der Waals surface area contributed by atoms with Crippen molar-refractivity contribution in [2.45, 2.75) is 224 Å². The van der Waals surface area contributed by atoms with Gasteiger partial charge in [-0.05, 0) is 65.2 Å². The van der Waals surface area contributed by atoms with Gasteiger partial charge in [0.15, 0.2) is 17.7 Å². The first-order valence-corrected chi connectivity index (χ1v) is 28.0. The molecule has 0 rings (SSSR count). The third kappa shape index (κ3) is 33.0. The molecule has 0 radical (unpaired) electrons. The van der Waals surface area contributed by atoms with Crippen LogP contribution in [0.1, 0.15) is 170 Å². The monoisotopic (exact) mass is 1140 g/mol. The number of nitrogens with two attached hydrogens (primary N) is 2. The van der Waals surface area contributed by atoms with Gasteiger partial charge in [0.1, 0.15) is 42.3 Å². The number of hydrogen-bond acceptors (Lipinski definition) is 15. The highest BCUT2D eigenvalue weighted by atomic mass is 16.4. The van der Waals surface area contributed by atoms with Gasteiger partial charge in [0.05, 0.1) is 25.4 Å². The van der Waals surface area contributed by atoms with Gasteiger partial charge in [0.25, 0.3) is 0 Å². The van der Waals surface area contributed by atoms with E-state index in [9.17, 15) is 63.3 Å². The van der Waals surface area contributed by atoms with E-state index in [-0.39, 0.29) is 57.6 Å². The molecule has 80 heavy (non-hydrogen) atoms. The predicted octanol–water partition coefficient (Wildman–Crippen LogP) is -1.63. The van der Waals surface area contributed by atoms with Gasteiger partial charge in [-0.2, -0.15) is 0 Å². The first kappa shape index (κ1) is 73.3. The number of aliphatic hydroxyl groups excluding tert-OH is 3. The summed E-state index contributed by atoms with van der Waals surface area (Å²) in [7, 11) is 0. The fourth-order valence-corrected chi connectivity index (χ4v) is 8.12. The highest BCUT2D eigenvalue weighted by Gasteiger charge is 2.35. The van der Waals surface area contributed by atoms with Crippen LogP contribution >= 0.6 is 0 Å². The average Bonchev–Trinajstić information content (AvgIpc) is 3.38. The van der Waals surface area contributed by atoms with Gasteiger partial charge in [-0.25, -0.2) is 0 Å². The van der Waals surface area contributed by atoms with Crippen LogP contribution in [-0.4, -0.2) is 172 Å². The van der Waals surface area contributed by atoms with E-state index in [0.29, 0.717) is 6.42 Å². The molecule has 0 aliphatic rings. The number of carbonyl (C=O) groups is 10. The number of hydrogen-bond donors (Lipinski definition) is 18. The van der Waals surface area contributed by atoms with E-state index in [2.05, 4.69) is 60.1 Å². The molecule has 0 bridgehead atoms. The number of amides is 8. The molecular formula is C52H96N14O14. The lowest BCUT2D eigenvalue weighted by Crippen LogP contribution is -2.61. The van der Waals surface area contributed by atoms with Crippen molar-refractivity contribution in [3.05, 3.63) is 0 Å². The molecule has 8 amide bonds. The van der Waals surface area contributed by atoms with Crippen LogP contribution < -0.4 is 64.6 Å². The zero-order valence-corrected chi connectivity index (χ0v) is 47.8. The van der Waals surface area contributed by atoms with E-state index in [1.54, 1.807) is 13.8 Å². The molecule has 0 unspecified atom stereocenters. The van der Waals surface area contributed by atoms with Crippen molar-refractivity contribution < 1.29 is 68.4 Å². The number of carboxylic acids is 1. The molecule has 458 valence electrons. The van der Waals surface area contributed by atoms with E-state index < -0.39 is 145 Å². The summed E-state index contributed by atoms with van der Waals surface area (Å²) in [6.07, 6.45) is 12.7. The molecule has 0 saturated heterocycles. The Hall–Kier alpha value is -6.68. The highest BCUT2D eigenvalue weighted by molar-refractivity contribution is 5.98. The second-order valence-corrected chi connectivity index (χ2v) is 20.4. The minimum absolute atomic E-state index is 0.0472. The summed E-state index contributed by atoms with van der Waals surface area (Å²) >= 11 is 0. The van der Waals surface area contributed by atoms with Crippen LogP contribution in [0.5, 0.6) is 0 Å². The van der Waals surface area contributed by atoms with Crippen LogP contribution in [0.15, 0.2) is 0 Å². The molecule has 0 aromatic heterocycles. The normalized spacial score (nSPS) is 14.4. The molecule has 0 heterocycles. The lowest BCUT2D eigenvalue weighted by atomic mass is 10.0. The summed E-state index contributed by atoms with van der Waals surface area (Å²) < 4.78 is 0. The minimum atomic E-state index is -1.82. The van der Waals surface area contributed by atoms with E-state index in [4.69, 9.17) is 27.4 Å². The number of carbonyl (C=O) groups excluding carboxylic acids is 9. The summed E-state index contributed by atoms with van der Waals surface area (Å²) in [6, 6.07) is -11.8. The van der Waals surface area contributed by atoms with Gasteiger partial charge < -0.3 is 85.1 Å². The maximum atomic E-state index is 13.8. The quantitative estimate of drug-likeness (QED) is 0.0185. The number of aliphatic carboxylic acids is 1. The number of guanidine groups is 2. The van der Waals surface area contributed by atoms with Crippen LogP contribution in [-0.2, 0) is 47.9 Å². The summed E-state index contributed by atoms with van der Waals surface area (Å²) in [5.74, 6) is -10.4. The number of aliphatic hydroxyl groups is 3. The molecule has 0 aliphatic carbocycles. The first-order valence-electron chi connectivity index (χ1n) is 28.0. The fourth-order valence-electron chi connectivity index (χ4n) is 8.12. The predicted molar refractivity (Wildman–Crippen MR) is 298 cm³/mol. The molecule has 9 atom stereocenters. The Morgan fingerprint density at radius 1 is 0.450 bits per heavy atom. The molecule has 0 saturated carbocycles. The smallest absolute Gasteiger partial charge is 0.303 e. The summed E-state index contributed by atoms with van der Waals surface area (Å²) in [5, 5.41) is 79.1. The Morgan fingerprint density at radius 2 is 0.838 bits per heavy atom. The minimum Gasteiger partial charge on any atom is -0.481 e. The van der Waals surface area contributed by atoms with E-state index in [1.165, 1.54) is 65.2 Å². The highest BCUT2D eigenvalue weighted by Crippen LogP contribution is 2.14. The van der Waals surface area contributed by atoms with Crippen LogP contribution in [0.3, 0.4) is 0 Å². The molecule has 28 nitrogen and oxygen atoms in total. The Morgan fingerprint density at radius 3 is 1.23 bits per heavy atom. The zero-order valence-electron chi connectivity index (χ0n) is 47.8. The number of unbranched alkanes of at least 4 members (excludes halogenated alkanes) is 12. The lowest BCUT2D eigenvalue weighted by molar-refractivity contribution is -0.138. The third-order valence-corrected chi connectivity index (χ3v) is 12.9. The van der Waals surface area contributed by atoms with Gasteiger partial charge >= 0.3 is 5.97 Å². The maximum absolute atomic E-state index is 13.8.